The van der Waals surface area contributed by atoms with Crippen molar-refractivity contribution < 1.29 is 8.42 Å². The third-order valence-corrected chi connectivity index (χ3v) is 3.48. The molecule has 0 aliphatic rings. The SMILES string of the molecule is Cc1cc(Cl)ccc1/C(=C\N)S(=O)(=O)Cl. The molecule has 82 valence electrons. The Morgan fingerprint density at radius 3 is 2.47 bits per heavy atom. The Bertz CT molecular complexity index is 509. The molecule has 0 aromatic heterocycles. The van der Waals surface area contributed by atoms with Crippen LogP contribution >= 0.6 is 22.3 Å². The Morgan fingerprint density at radius 1 is 1.47 bits per heavy atom. The average Bonchev–Trinajstić information content (AvgIpc) is 2.07. The van der Waals surface area contributed by atoms with Gasteiger partial charge in [-0.05, 0) is 30.2 Å². The summed E-state index contributed by atoms with van der Waals surface area (Å²) in [5.74, 6) is 0. The summed E-state index contributed by atoms with van der Waals surface area (Å²) in [5.41, 5.74) is 6.39. The van der Waals surface area contributed by atoms with Crippen LogP contribution in [0.2, 0.25) is 5.02 Å². The molecule has 0 radical (unpaired) electrons. The smallest absolute Gasteiger partial charge is 0.263 e. The summed E-state index contributed by atoms with van der Waals surface area (Å²) in [6, 6.07) is 4.79. The first-order valence-electron chi connectivity index (χ1n) is 3.99. The van der Waals surface area contributed by atoms with Crippen molar-refractivity contribution in [1.82, 2.24) is 0 Å². The second kappa shape index (κ2) is 4.43. The molecule has 0 amide bonds. The van der Waals surface area contributed by atoms with Crippen molar-refractivity contribution in [1.29, 1.82) is 0 Å². The van der Waals surface area contributed by atoms with E-state index < -0.39 is 9.05 Å². The van der Waals surface area contributed by atoms with Crippen LogP contribution in [0.15, 0.2) is 24.4 Å². The highest BCUT2D eigenvalue weighted by Gasteiger charge is 2.17. The molecule has 0 unspecified atom stereocenters. The van der Waals surface area contributed by atoms with Gasteiger partial charge in [0.15, 0.2) is 0 Å². The van der Waals surface area contributed by atoms with E-state index in [0.29, 0.717) is 16.1 Å². The topological polar surface area (TPSA) is 60.2 Å². The minimum Gasteiger partial charge on any atom is -0.403 e. The van der Waals surface area contributed by atoms with E-state index >= 15 is 0 Å². The van der Waals surface area contributed by atoms with E-state index in [1.807, 2.05) is 0 Å². The molecule has 0 atom stereocenters. The molecule has 1 rings (SSSR count). The van der Waals surface area contributed by atoms with Gasteiger partial charge in [-0.25, -0.2) is 8.42 Å². The minimum atomic E-state index is -3.84. The van der Waals surface area contributed by atoms with E-state index in [-0.39, 0.29) is 4.91 Å². The fourth-order valence-electron chi connectivity index (χ4n) is 1.21. The van der Waals surface area contributed by atoms with Gasteiger partial charge in [-0.15, -0.1) is 0 Å². The van der Waals surface area contributed by atoms with E-state index in [4.69, 9.17) is 28.0 Å². The molecular weight excluding hydrogens is 257 g/mol. The first-order valence-corrected chi connectivity index (χ1v) is 6.68. The maximum Gasteiger partial charge on any atom is 0.263 e. The first-order chi connectivity index (χ1) is 6.86. The van der Waals surface area contributed by atoms with Crippen molar-refractivity contribution in [2.75, 3.05) is 0 Å². The predicted octanol–water partition coefficient (Wildman–Crippen LogP) is 2.47. The van der Waals surface area contributed by atoms with Crippen LogP contribution in [0.25, 0.3) is 4.91 Å². The molecule has 0 fully saturated rings. The van der Waals surface area contributed by atoms with Crippen LogP contribution in [-0.4, -0.2) is 8.42 Å². The van der Waals surface area contributed by atoms with E-state index in [9.17, 15) is 8.42 Å². The Hall–Kier alpha value is -0.710. The molecule has 6 heteroatoms. The maximum atomic E-state index is 11.2. The van der Waals surface area contributed by atoms with Crippen molar-refractivity contribution in [3.8, 4) is 0 Å². The summed E-state index contributed by atoms with van der Waals surface area (Å²) in [6.45, 7) is 1.73. The lowest BCUT2D eigenvalue weighted by Crippen LogP contribution is -2.00. The van der Waals surface area contributed by atoms with Gasteiger partial charge in [-0.1, -0.05) is 17.7 Å². The molecule has 0 aliphatic carbocycles. The first kappa shape index (κ1) is 12.4. The third-order valence-electron chi connectivity index (χ3n) is 1.87. The van der Waals surface area contributed by atoms with E-state index in [2.05, 4.69) is 0 Å². The maximum absolute atomic E-state index is 11.2. The van der Waals surface area contributed by atoms with Gasteiger partial charge < -0.3 is 5.73 Å². The molecule has 1 aromatic rings. The van der Waals surface area contributed by atoms with Crippen LogP contribution in [0.1, 0.15) is 11.1 Å². The lowest BCUT2D eigenvalue weighted by molar-refractivity contribution is 0.618. The van der Waals surface area contributed by atoms with E-state index in [1.165, 1.54) is 0 Å². The number of rotatable bonds is 2. The van der Waals surface area contributed by atoms with Gasteiger partial charge in [0.25, 0.3) is 9.05 Å². The van der Waals surface area contributed by atoms with Crippen LogP contribution < -0.4 is 5.73 Å². The predicted molar refractivity (Wildman–Crippen MR) is 63.1 cm³/mol. The molecule has 0 aliphatic heterocycles. The summed E-state index contributed by atoms with van der Waals surface area (Å²) in [5, 5.41) is 0.527. The summed E-state index contributed by atoms with van der Waals surface area (Å²) < 4.78 is 22.4. The van der Waals surface area contributed by atoms with E-state index in [0.717, 1.165) is 6.20 Å². The fraction of sp³-hybridized carbons (Fsp3) is 0.111. The van der Waals surface area contributed by atoms with Crippen molar-refractivity contribution >= 4 is 36.2 Å². The van der Waals surface area contributed by atoms with Gasteiger partial charge in [-0.3, -0.25) is 0 Å². The number of halogens is 2. The largest absolute Gasteiger partial charge is 0.403 e. The van der Waals surface area contributed by atoms with Crippen molar-refractivity contribution in [2.45, 2.75) is 6.92 Å². The second-order valence-corrected chi connectivity index (χ2v) is 5.90. The third kappa shape index (κ3) is 2.87. The lowest BCUT2D eigenvalue weighted by Gasteiger charge is -2.07. The minimum absolute atomic E-state index is 0.113. The zero-order valence-electron chi connectivity index (χ0n) is 7.87. The molecule has 15 heavy (non-hydrogen) atoms. The molecule has 1 aromatic carbocycles. The Kier molecular flexibility index (Phi) is 3.65. The quantitative estimate of drug-likeness (QED) is 0.836. The van der Waals surface area contributed by atoms with Crippen LogP contribution in [-0.2, 0) is 9.05 Å². The summed E-state index contributed by atoms with van der Waals surface area (Å²) in [6.07, 6.45) is 0.971. The number of nitrogens with two attached hydrogens (primary N) is 1. The van der Waals surface area contributed by atoms with Crippen molar-refractivity contribution in [2.24, 2.45) is 5.73 Å². The zero-order chi connectivity index (χ0) is 11.6. The standard InChI is InChI=1S/C9H9Cl2NO2S/c1-6-4-7(10)2-3-8(6)9(5-12)15(11,13)14/h2-5H,12H2,1H3/b9-5+. The van der Waals surface area contributed by atoms with Gasteiger partial charge in [0.1, 0.15) is 4.91 Å². The monoisotopic (exact) mass is 265 g/mol. The fourth-order valence-corrected chi connectivity index (χ4v) is 2.49. The summed E-state index contributed by atoms with van der Waals surface area (Å²) in [4.78, 5) is -0.113. The number of hydrogen-bond donors (Lipinski definition) is 1. The second-order valence-electron chi connectivity index (χ2n) is 2.93. The normalized spacial score (nSPS) is 12.9. The Balaban J connectivity index is 3.40. The molecule has 3 nitrogen and oxygen atoms in total. The van der Waals surface area contributed by atoms with Crippen LogP contribution in [0.5, 0.6) is 0 Å². The van der Waals surface area contributed by atoms with E-state index in [1.54, 1.807) is 25.1 Å². The summed E-state index contributed by atoms with van der Waals surface area (Å²) in [7, 11) is 1.40. The van der Waals surface area contributed by atoms with Crippen LogP contribution in [0.3, 0.4) is 0 Å². The number of benzene rings is 1. The average molecular weight is 266 g/mol. The van der Waals surface area contributed by atoms with Gasteiger partial charge in [-0.2, -0.15) is 0 Å². The Morgan fingerprint density at radius 2 is 2.07 bits per heavy atom. The molecule has 2 N–H and O–H groups in total. The summed E-state index contributed by atoms with van der Waals surface area (Å²) >= 11 is 5.75. The lowest BCUT2D eigenvalue weighted by atomic mass is 10.1. The molecule has 0 spiro atoms. The highest BCUT2D eigenvalue weighted by Crippen LogP contribution is 2.27. The molecule has 0 heterocycles. The van der Waals surface area contributed by atoms with Crippen LogP contribution in [0.4, 0.5) is 0 Å². The highest BCUT2D eigenvalue weighted by atomic mass is 35.7. The molecular formula is C9H9Cl2NO2S. The molecule has 0 bridgehead atoms. The van der Waals surface area contributed by atoms with Crippen LogP contribution in [0, 0.1) is 6.92 Å². The number of hydrogen-bond acceptors (Lipinski definition) is 3. The number of aryl methyl sites for hydroxylation is 1. The van der Waals surface area contributed by atoms with Crippen molar-refractivity contribution in [3.63, 3.8) is 0 Å². The van der Waals surface area contributed by atoms with Gasteiger partial charge in [0.05, 0.1) is 0 Å². The molecule has 0 saturated heterocycles. The zero-order valence-corrected chi connectivity index (χ0v) is 10.2. The van der Waals surface area contributed by atoms with Gasteiger partial charge in [0, 0.05) is 21.9 Å². The molecule has 0 saturated carbocycles. The van der Waals surface area contributed by atoms with Gasteiger partial charge >= 0.3 is 0 Å². The van der Waals surface area contributed by atoms with Crippen molar-refractivity contribution in [3.05, 3.63) is 40.5 Å². The van der Waals surface area contributed by atoms with Gasteiger partial charge in [0.2, 0.25) is 0 Å². The Labute approximate surface area is 97.9 Å². The highest BCUT2D eigenvalue weighted by molar-refractivity contribution is 8.21.